The van der Waals surface area contributed by atoms with Crippen molar-refractivity contribution in [2.75, 3.05) is 13.2 Å². The van der Waals surface area contributed by atoms with Crippen molar-refractivity contribution in [1.29, 1.82) is 0 Å². The maximum atomic E-state index is 5.92. The van der Waals surface area contributed by atoms with Gasteiger partial charge in [0.15, 0.2) is 11.5 Å². The Morgan fingerprint density at radius 1 is 1.12 bits per heavy atom. The Hall–Kier alpha value is -1.48. The Morgan fingerprint density at radius 2 is 1.81 bits per heavy atom. The molecule has 3 nitrogen and oxygen atoms in total. The summed E-state index contributed by atoms with van der Waals surface area (Å²) in [7, 11) is 0. The van der Waals surface area contributed by atoms with E-state index in [1.165, 1.54) is 0 Å². The number of rotatable bonds is 0. The molecule has 0 unspecified atom stereocenters. The largest absolute Gasteiger partial charge is 0.486 e. The predicted molar refractivity (Wildman–Crippen MR) is 62.5 cm³/mol. The third-order valence-corrected chi connectivity index (χ3v) is 2.84. The van der Waals surface area contributed by atoms with E-state index >= 15 is 0 Å². The number of benzene rings is 1. The summed E-state index contributed by atoms with van der Waals surface area (Å²) in [5, 5.41) is 1.55. The molecule has 0 amide bonds. The smallest absolute Gasteiger partial charge is 0.163 e. The first-order valence-corrected chi connectivity index (χ1v) is 5.48. The van der Waals surface area contributed by atoms with Crippen LogP contribution in [0.2, 0.25) is 5.15 Å². The number of ether oxygens (including phenoxy) is 2. The molecular weight excluding hydrogens is 226 g/mol. The molecule has 0 bridgehead atoms. The molecule has 0 N–H and O–H groups in total. The van der Waals surface area contributed by atoms with Crippen LogP contribution in [0.5, 0.6) is 11.5 Å². The maximum Gasteiger partial charge on any atom is 0.163 e. The Labute approximate surface area is 98.0 Å². The van der Waals surface area contributed by atoms with E-state index in [1.54, 1.807) is 0 Å². The van der Waals surface area contributed by atoms with Gasteiger partial charge in [0.2, 0.25) is 0 Å². The highest BCUT2D eigenvalue weighted by molar-refractivity contribution is 6.29. The molecule has 0 aliphatic carbocycles. The molecule has 0 saturated heterocycles. The highest BCUT2D eigenvalue weighted by atomic mass is 35.5. The summed E-state index contributed by atoms with van der Waals surface area (Å²) in [6, 6.07) is 5.69. The molecule has 0 saturated carbocycles. The van der Waals surface area contributed by atoms with E-state index in [1.807, 2.05) is 25.1 Å². The van der Waals surface area contributed by atoms with Gasteiger partial charge in [-0.05, 0) is 24.6 Å². The van der Waals surface area contributed by atoms with Crippen LogP contribution in [0.4, 0.5) is 0 Å². The fourth-order valence-electron chi connectivity index (χ4n) is 1.89. The minimum atomic E-state index is 0.502. The van der Waals surface area contributed by atoms with E-state index in [2.05, 4.69) is 4.98 Å². The summed E-state index contributed by atoms with van der Waals surface area (Å²) in [6.07, 6.45) is 0. The Bertz CT molecular complexity index is 568. The van der Waals surface area contributed by atoms with Crippen molar-refractivity contribution < 1.29 is 9.47 Å². The molecule has 1 aromatic heterocycles. The van der Waals surface area contributed by atoms with Crippen molar-refractivity contribution in [3.05, 3.63) is 28.9 Å². The van der Waals surface area contributed by atoms with Gasteiger partial charge in [-0.15, -0.1) is 0 Å². The quantitative estimate of drug-likeness (QED) is 0.658. The van der Waals surface area contributed by atoms with Crippen LogP contribution in [0.25, 0.3) is 10.9 Å². The summed E-state index contributed by atoms with van der Waals surface area (Å²) >= 11 is 5.92. The molecule has 0 fully saturated rings. The summed E-state index contributed by atoms with van der Waals surface area (Å²) in [4.78, 5) is 4.27. The molecule has 0 radical (unpaired) electrons. The summed E-state index contributed by atoms with van der Waals surface area (Å²) in [5.41, 5.74) is 1.93. The molecule has 1 aromatic carbocycles. The highest BCUT2D eigenvalue weighted by Crippen LogP contribution is 2.35. The highest BCUT2D eigenvalue weighted by Gasteiger charge is 2.14. The van der Waals surface area contributed by atoms with E-state index in [0.29, 0.717) is 18.4 Å². The van der Waals surface area contributed by atoms with Crippen LogP contribution in [-0.2, 0) is 0 Å². The monoisotopic (exact) mass is 235 g/mol. The average molecular weight is 236 g/mol. The average Bonchev–Trinajstić information content (AvgIpc) is 2.27. The molecular formula is C12H10ClNO2. The predicted octanol–water partition coefficient (Wildman–Crippen LogP) is 2.97. The molecule has 2 aromatic rings. The number of fused-ring (bicyclic) bond motifs is 2. The molecule has 2 heterocycles. The van der Waals surface area contributed by atoms with Crippen LogP contribution in [0, 0.1) is 6.92 Å². The van der Waals surface area contributed by atoms with Gasteiger partial charge in [-0.25, -0.2) is 4.98 Å². The Balaban J connectivity index is 2.31. The van der Waals surface area contributed by atoms with Gasteiger partial charge < -0.3 is 9.47 Å². The molecule has 1 aliphatic heterocycles. The van der Waals surface area contributed by atoms with Crippen molar-refractivity contribution in [3.8, 4) is 11.5 Å². The second-order valence-corrected chi connectivity index (χ2v) is 4.16. The minimum absolute atomic E-state index is 0.502. The normalized spacial score (nSPS) is 14.1. The first kappa shape index (κ1) is 9.73. The number of aromatic nitrogens is 1. The Morgan fingerprint density at radius 3 is 2.56 bits per heavy atom. The number of hydrogen-bond acceptors (Lipinski definition) is 3. The maximum absolute atomic E-state index is 5.92. The standard InChI is InChI=1S/C12H10ClNO2/c1-7-4-12(13)14-9-6-11-10(5-8(7)9)15-2-3-16-11/h4-6H,2-3H2,1H3. The van der Waals surface area contributed by atoms with Crippen LogP contribution >= 0.6 is 11.6 Å². The van der Waals surface area contributed by atoms with Crippen LogP contribution in [0.15, 0.2) is 18.2 Å². The second-order valence-electron chi connectivity index (χ2n) is 3.77. The second kappa shape index (κ2) is 3.52. The van der Waals surface area contributed by atoms with E-state index in [0.717, 1.165) is 28.0 Å². The van der Waals surface area contributed by atoms with Gasteiger partial charge in [-0.1, -0.05) is 11.6 Å². The number of halogens is 1. The fraction of sp³-hybridized carbons (Fsp3) is 0.250. The SMILES string of the molecule is Cc1cc(Cl)nc2cc3c(cc12)OCCO3. The molecule has 0 atom stereocenters. The number of nitrogens with zero attached hydrogens (tertiary/aromatic N) is 1. The van der Waals surface area contributed by atoms with Crippen molar-refractivity contribution >= 4 is 22.5 Å². The molecule has 4 heteroatoms. The summed E-state index contributed by atoms with van der Waals surface area (Å²) in [5.74, 6) is 1.53. The van der Waals surface area contributed by atoms with E-state index in [-0.39, 0.29) is 0 Å². The summed E-state index contributed by atoms with van der Waals surface area (Å²) in [6.45, 7) is 3.18. The molecule has 82 valence electrons. The van der Waals surface area contributed by atoms with E-state index in [9.17, 15) is 0 Å². The lowest BCUT2D eigenvalue weighted by Gasteiger charge is -2.19. The van der Waals surface area contributed by atoms with Crippen LogP contribution in [0.1, 0.15) is 5.56 Å². The lowest BCUT2D eigenvalue weighted by Crippen LogP contribution is -2.15. The first-order chi connectivity index (χ1) is 7.74. The molecule has 1 aliphatic rings. The number of hydrogen-bond donors (Lipinski definition) is 0. The third kappa shape index (κ3) is 1.48. The van der Waals surface area contributed by atoms with Gasteiger partial charge >= 0.3 is 0 Å². The molecule has 3 rings (SSSR count). The van der Waals surface area contributed by atoms with Gasteiger partial charge in [-0.2, -0.15) is 0 Å². The van der Waals surface area contributed by atoms with Crippen LogP contribution < -0.4 is 9.47 Å². The third-order valence-electron chi connectivity index (χ3n) is 2.65. The number of pyridine rings is 1. The zero-order valence-corrected chi connectivity index (χ0v) is 9.54. The fourth-order valence-corrected chi connectivity index (χ4v) is 2.14. The van der Waals surface area contributed by atoms with Gasteiger partial charge in [0.1, 0.15) is 18.4 Å². The first-order valence-electron chi connectivity index (χ1n) is 5.10. The zero-order chi connectivity index (χ0) is 11.1. The van der Waals surface area contributed by atoms with Crippen molar-refractivity contribution in [1.82, 2.24) is 4.98 Å². The Kier molecular flexibility index (Phi) is 2.14. The van der Waals surface area contributed by atoms with Crippen LogP contribution in [-0.4, -0.2) is 18.2 Å². The van der Waals surface area contributed by atoms with Crippen molar-refractivity contribution in [2.45, 2.75) is 6.92 Å². The van der Waals surface area contributed by atoms with Gasteiger partial charge in [0, 0.05) is 11.5 Å². The van der Waals surface area contributed by atoms with Crippen molar-refractivity contribution in [3.63, 3.8) is 0 Å². The lowest BCUT2D eigenvalue weighted by molar-refractivity contribution is 0.172. The lowest BCUT2D eigenvalue weighted by atomic mass is 10.1. The van der Waals surface area contributed by atoms with Gasteiger partial charge in [-0.3, -0.25) is 0 Å². The van der Waals surface area contributed by atoms with Gasteiger partial charge in [0.05, 0.1) is 5.52 Å². The molecule has 16 heavy (non-hydrogen) atoms. The topological polar surface area (TPSA) is 31.4 Å². The van der Waals surface area contributed by atoms with E-state index in [4.69, 9.17) is 21.1 Å². The van der Waals surface area contributed by atoms with Gasteiger partial charge in [0.25, 0.3) is 0 Å². The zero-order valence-electron chi connectivity index (χ0n) is 8.79. The summed E-state index contributed by atoms with van der Waals surface area (Å²) < 4.78 is 11.0. The number of aryl methyl sites for hydroxylation is 1. The van der Waals surface area contributed by atoms with Crippen molar-refractivity contribution in [2.24, 2.45) is 0 Å². The van der Waals surface area contributed by atoms with E-state index < -0.39 is 0 Å². The molecule has 0 spiro atoms. The minimum Gasteiger partial charge on any atom is -0.486 e. The van der Waals surface area contributed by atoms with Crippen LogP contribution in [0.3, 0.4) is 0 Å².